The standard InChI is InChI=1S/C10H22N2O3S/c1-3-10(8-13)11-16(14,15)12-7-5-4-6-9(12)2/h9-11,13H,3-8H2,1-2H3. The van der Waals surface area contributed by atoms with E-state index in [4.69, 9.17) is 5.11 Å². The molecule has 1 aliphatic rings. The van der Waals surface area contributed by atoms with Gasteiger partial charge in [-0.2, -0.15) is 17.4 Å². The molecule has 0 amide bonds. The van der Waals surface area contributed by atoms with Crippen molar-refractivity contribution in [3.63, 3.8) is 0 Å². The first-order valence-corrected chi connectivity index (χ1v) is 7.35. The molecule has 16 heavy (non-hydrogen) atoms. The number of hydrogen-bond donors (Lipinski definition) is 2. The summed E-state index contributed by atoms with van der Waals surface area (Å²) in [6.45, 7) is 4.21. The number of aliphatic hydroxyl groups excluding tert-OH is 1. The van der Waals surface area contributed by atoms with E-state index in [-0.39, 0.29) is 18.7 Å². The van der Waals surface area contributed by atoms with Gasteiger partial charge in [0.25, 0.3) is 10.2 Å². The van der Waals surface area contributed by atoms with E-state index in [0.29, 0.717) is 13.0 Å². The molecule has 0 aromatic heterocycles. The topological polar surface area (TPSA) is 69.6 Å². The normalized spacial score (nSPS) is 25.6. The van der Waals surface area contributed by atoms with E-state index in [9.17, 15) is 8.42 Å². The summed E-state index contributed by atoms with van der Waals surface area (Å²) in [5, 5.41) is 9.01. The van der Waals surface area contributed by atoms with Gasteiger partial charge in [0.2, 0.25) is 0 Å². The number of nitrogens with zero attached hydrogens (tertiary/aromatic N) is 1. The lowest BCUT2D eigenvalue weighted by Crippen LogP contribution is -2.51. The first kappa shape index (κ1) is 13.9. The minimum atomic E-state index is -3.43. The quantitative estimate of drug-likeness (QED) is 0.745. The lowest BCUT2D eigenvalue weighted by molar-refractivity contribution is 0.238. The minimum Gasteiger partial charge on any atom is -0.395 e. The van der Waals surface area contributed by atoms with E-state index in [2.05, 4.69) is 4.72 Å². The fourth-order valence-corrected chi connectivity index (χ4v) is 3.70. The second-order valence-electron chi connectivity index (χ2n) is 4.37. The van der Waals surface area contributed by atoms with Gasteiger partial charge >= 0.3 is 0 Å². The lowest BCUT2D eigenvalue weighted by atomic mass is 10.1. The zero-order chi connectivity index (χ0) is 12.2. The maximum atomic E-state index is 12.0. The molecular weight excluding hydrogens is 228 g/mol. The second kappa shape index (κ2) is 5.95. The van der Waals surface area contributed by atoms with Gasteiger partial charge in [-0.3, -0.25) is 0 Å². The Morgan fingerprint density at radius 3 is 2.69 bits per heavy atom. The first-order valence-electron chi connectivity index (χ1n) is 5.91. The summed E-state index contributed by atoms with van der Waals surface area (Å²) in [6, 6.07) is -0.318. The number of aliphatic hydroxyl groups is 1. The Bertz CT molecular complexity index is 301. The Labute approximate surface area is 98.0 Å². The summed E-state index contributed by atoms with van der Waals surface area (Å²) in [6.07, 6.45) is 3.51. The highest BCUT2D eigenvalue weighted by Gasteiger charge is 2.30. The van der Waals surface area contributed by atoms with Crippen molar-refractivity contribution in [1.82, 2.24) is 9.03 Å². The zero-order valence-electron chi connectivity index (χ0n) is 10.0. The van der Waals surface area contributed by atoms with Crippen LogP contribution < -0.4 is 4.72 Å². The molecule has 2 atom stereocenters. The molecule has 1 heterocycles. The monoisotopic (exact) mass is 250 g/mol. The van der Waals surface area contributed by atoms with Gasteiger partial charge in [-0.15, -0.1) is 0 Å². The Morgan fingerprint density at radius 1 is 1.50 bits per heavy atom. The van der Waals surface area contributed by atoms with E-state index in [1.165, 1.54) is 4.31 Å². The Kier molecular flexibility index (Phi) is 5.17. The maximum Gasteiger partial charge on any atom is 0.280 e. The fourth-order valence-electron chi connectivity index (χ4n) is 1.96. The molecule has 0 spiro atoms. The molecule has 1 fully saturated rings. The van der Waals surface area contributed by atoms with Crippen molar-refractivity contribution in [2.75, 3.05) is 13.2 Å². The van der Waals surface area contributed by atoms with E-state index >= 15 is 0 Å². The summed E-state index contributed by atoms with van der Waals surface area (Å²) in [4.78, 5) is 0. The average molecular weight is 250 g/mol. The minimum absolute atomic E-state index is 0.0578. The number of piperidine rings is 1. The van der Waals surface area contributed by atoms with Crippen LogP contribution in [0.5, 0.6) is 0 Å². The smallest absolute Gasteiger partial charge is 0.280 e. The van der Waals surface area contributed by atoms with Crippen LogP contribution in [0.2, 0.25) is 0 Å². The molecule has 6 heteroatoms. The van der Waals surface area contributed by atoms with Crippen molar-refractivity contribution in [3.05, 3.63) is 0 Å². The Balaban J connectivity index is 2.68. The maximum absolute atomic E-state index is 12.0. The van der Waals surface area contributed by atoms with Crippen LogP contribution in [-0.4, -0.2) is 43.1 Å². The van der Waals surface area contributed by atoms with Crippen molar-refractivity contribution < 1.29 is 13.5 Å². The summed E-state index contributed by atoms with van der Waals surface area (Å²) >= 11 is 0. The lowest BCUT2D eigenvalue weighted by Gasteiger charge is -2.33. The van der Waals surface area contributed by atoms with Gasteiger partial charge in [-0.25, -0.2) is 0 Å². The van der Waals surface area contributed by atoms with Crippen molar-refractivity contribution in [2.24, 2.45) is 0 Å². The van der Waals surface area contributed by atoms with Crippen LogP contribution in [0, 0.1) is 0 Å². The van der Waals surface area contributed by atoms with Crippen LogP contribution in [0.25, 0.3) is 0 Å². The van der Waals surface area contributed by atoms with Crippen LogP contribution in [0.3, 0.4) is 0 Å². The van der Waals surface area contributed by atoms with E-state index in [1.807, 2.05) is 13.8 Å². The molecule has 0 saturated carbocycles. The van der Waals surface area contributed by atoms with Crippen molar-refractivity contribution in [2.45, 2.75) is 51.6 Å². The molecule has 1 rings (SSSR count). The molecule has 0 aromatic carbocycles. The Morgan fingerprint density at radius 2 is 2.19 bits per heavy atom. The highest BCUT2D eigenvalue weighted by molar-refractivity contribution is 7.87. The molecule has 5 nitrogen and oxygen atoms in total. The predicted molar refractivity (Wildman–Crippen MR) is 63.2 cm³/mol. The number of rotatable bonds is 5. The van der Waals surface area contributed by atoms with Crippen LogP contribution in [0.4, 0.5) is 0 Å². The highest BCUT2D eigenvalue weighted by Crippen LogP contribution is 2.19. The molecule has 1 saturated heterocycles. The van der Waals surface area contributed by atoms with Crippen LogP contribution in [0.1, 0.15) is 39.5 Å². The third kappa shape index (κ3) is 3.41. The van der Waals surface area contributed by atoms with Gasteiger partial charge in [0.15, 0.2) is 0 Å². The van der Waals surface area contributed by atoms with Gasteiger partial charge in [0, 0.05) is 18.6 Å². The van der Waals surface area contributed by atoms with Gasteiger partial charge < -0.3 is 5.11 Å². The van der Waals surface area contributed by atoms with Crippen molar-refractivity contribution in [1.29, 1.82) is 0 Å². The second-order valence-corrected chi connectivity index (χ2v) is 6.02. The number of nitrogens with one attached hydrogen (secondary N) is 1. The zero-order valence-corrected chi connectivity index (χ0v) is 10.8. The summed E-state index contributed by atoms with van der Waals surface area (Å²) in [5.41, 5.74) is 0. The van der Waals surface area contributed by atoms with Crippen LogP contribution >= 0.6 is 0 Å². The van der Waals surface area contributed by atoms with Gasteiger partial charge in [-0.05, 0) is 26.2 Å². The summed E-state index contributed by atoms with van der Waals surface area (Å²) in [5.74, 6) is 0. The molecule has 0 aliphatic carbocycles. The third-order valence-electron chi connectivity index (χ3n) is 3.08. The van der Waals surface area contributed by atoms with Gasteiger partial charge in [0.1, 0.15) is 0 Å². The molecule has 0 bridgehead atoms. The predicted octanol–water partition coefficient (Wildman–Crippen LogP) is 0.466. The van der Waals surface area contributed by atoms with Crippen LogP contribution in [0.15, 0.2) is 0 Å². The largest absolute Gasteiger partial charge is 0.395 e. The molecule has 2 unspecified atom stereocenters. The van der Waals surface area contributed by atoms with Crippen molar-refractivity contribution in [3.8, 4) is 0 Å². The molecule has 0 aromatic rings. The molecule has 2 N–H and O–H groups in total. The third-order valence-corrected chi connectivity index (χ3v) is 4.87. The molecular formula is C10H22N2O3S. The van der Waals surface area contributed by atoms with Gasteiger partial charge in [-0.1, -0.05) is 13.3 Å². The SMILES string of the molecule is CCC(CO)NS(=O)(=O)N1CCCCC1C. The fraction of sp³-hybridized carbons (Fsp3) is 1.00. The summed E-state index contributed by atoms with van der Waals surface area (Å²) < 4.78 is 28.1. The molecule has 96 valence electrons. The van der Waals surface area contributed by atoms with Crippen LogP contribution in [-0.2, 0) is 10.2 Å². The first-order chi connectivity index (χ1) is 7.51. The molecule has 0 radical (unpaired) electrons. The van der Waals surface area contributed by atoms with E-state index in [0.717, 1.165) is 19.3 Å². The summed E-state index contributed by atoms with van der Waals surface area (Å²) in [7, 11) is -3.43. The van der Waals surface area contributed by atoms with E-state index < -0.39 is 10.2 Å². The Hall–Kier alpha value is -0.170. The highest BCUT2D eigenvalue weighted by atomic mass is 32.2. The number of hydrogen-bond acceptors (Lipinski definition) is 3. The van der Waals surface area contributed by atoms with Crippen molar-refractivity contribution >= 4 is 10.2 Å². The average Bonchev–Trinajstić information content (AvgIpc) is 2.26. The van der Waals surface area contributed by atoms with Gasteiger partial charge in [0.05, 0.1) is 6.61 Å². The van der Waals surface area contributed by atoms with E-state index in [1.54, 1.807) is 0 Å². The molecule has 1 aliphatic heterocycles.